The highest BCUT2D eigenvalue weighted by molar-refractivity contribution is 5.93. The molecule has 21 heavy (non-hydrogen) atoms. The molecule has 0 spiro atoms. The van der Waals surface area contributed by atoms with Gasteiger partial charge in [0.25, 0.3) is 0 Å². The SMILES string of the molecule is C=C1OC(=O)/C(=C\CCCCCCCCCCCC)[C@H]1O. The standard InChI is InChI=1S/C18H30O3/c1-3-4-5-6-7-8-9-10-11-12-13-14-16-17(19)15(2)21-18(16)20/h14,17,19H,2-13H2,1H3/b16-14-/t17-/m0/s1. The van der Waals surface area contributed by atoms with Gasteiger partial charge >= 0.3 is 5.97 Å². The van der Waals surface area contributed by atoms with E-state index in [9.17, 15) is 9.90 Å². The highest BCUT2D eigenvalue weighted by Crippen LogP contribution is 2.23. The molecule has 1 aliphatic rings. The summed E-state index contributed by atoms with van der Waals surface area (Å²) in [6, 6.07) is 0. The molecule has 0 aliphatic carbocycles. The molecule has 1 atom stereocenters. The monoisotopic (exact) mass is 294 g/mol. The summed E-state index contributed by atoms with van der Waals surface area (Å²) in [5, 5.41) is 9.68. The molecule has 1 rings (SSSR count). The second-order valence-electron chi connectivity index (χ2n) is 5.89. The summed E-state index contributed by atoms with van der Waals surface area (Å²) in [7, 11) is 0. The summed E-state index contributed by atoms with van der Waals surface area (Å²) in [4.78, 5) is 11.4. The predicted molar refractivity (Wildman–Crippen MR) is 85.8 cm³/mol. The number of aliphatic hydroxyl groups excluding tert-OH is 1. The molecule has 0 unspecified atom stereocenters. The average Bonchev–Trinajstić information content (AvgIpc) is 2.70. The lowest BCUT2D eigenvalue weighted by Crippen LogP contribution is -2.07. The summed E-state index contributed by atoms with van der Waals surface area (Å²) in [5.74, 6) is -0.297. The molecule has 3 heteroatoms. The Morgan fingerprint density at radius 1 is 1.05 bits per heavy atom. The lowest BCUT2D eigenvalue weighted by Gasteiger charge is -2.02. The first-order valence-electron chi connectivity index (χ1n) is 8.46. The van der Waals surface area contributed by atoms with Gasteiger partial charge in [-0.3, -0.25) is 0 Å². The van der Waals surface area contributed by atoms with Crippen LogP contribution in [0.2, 0.25) is 0 Å². The number of unbranched alkanes of at least 4 members (excludes halogenated alkanes) is 10. The maximum absolute atomic E-state index is 11.4. The average molecular weight is 294 g/mol. The number of hydrogen-bond donors (Lipinski definition) is 1. The zero-order chi connectivity index (χ0) is 15.5. The molecule has 1 N–H and O–H groups in total. The third kappa shape index (κ3) is 6.94. The van der Waals surface area contributed by atoms with Gasteiger partial charge in [-0.2, -0.15) is 0 Å². The van der Waals surface area contributed by atoms with E-state index in [0.29, 0.717) is 5.57 Å². The smallest absolute Gasteiger partial charge is 0.341 e. The van der Waals surface area contributed by atoms with Crippen molar-refractivity contribution in [3.8, 4) is 0 Å². The van der Waals surface area contributed by atoms with Gasteiger partial charge in [-0.05, 0) is 12.8 Å². The van der Waals surface area contributed by atoms with Gasteiger partial charge in [-0.25, -0.2) is 4.79 Å². The molecule has 0 aromatic rings. The van der Waals surface area contributed by atoms with Crippen molar-refractivity contribution in [3.05, 3.63) is 24.0 Å². The fraction of sp³-hybridized carbons (Fsp3) is 0.722. The van der Waals surface area contributed by atoms with E-state index in [2.05, 4.69) is 13.5 Å². The van der Waals surface area contributed by atoms with E-state index in [1.54, 1.807) is 6.08 Å². The molecule has 1 aliphatic heterocycles. The van der Waals surface area contributed by atoms with Gasteiger partial charge in [0.15, 0.2) is 0 Å². The normalized spacial score (nSPS) is 20.3. The van der Waals surface area contributed by atoms with Crippen LogP contribution in [0.4, 0.5) is 0 Å². The van der Waals surface area contributed by atoms with E-state index in [1.165, 1.54) is 57.8 Å². The molecule has 0 radical (unpaired) electrons. The first-order chi connectivity index (χ1) is 10.2. The van der Waals surface area contributed by atoms with Crippen LogP contribution in [0.3, 0.4) is 0 Å². The second kappa shape index (κ2) is 10.6. The van der Waals surface area contributed by atoms with E-state index in [0.717, 1.165) is 12.8 Å². The lowest BCUT2D eigenvalue weighted by atomic mass is 10.0. The third-order valence-electron chi connectivity index (χ3n) is 3.98. The molecule has 0 aromatic carbocycles. The fourth-order valence-electron chi connectivity index (χ4n) is 2.60. The van der Waals surface area contributed by atoms with E-state index >= 15 is 0 Å². The molecule has 0 bridgehead atoms. The van der Waals surface area contributed by atoms with E-state index < -0.39 is 12.1 Å². The molecular weight excluding hydrogens is 264 g/mol. The number of aliphatic hydroxyl groups is 1. The summed E-state index contributed by atoms with van der Waals surface area (Å²) >= 11 is 0. The van der Waals surface area contributed by atoms with Crippen molar-refractivity contribution in [3.63, 3.8) is 0 Å². The van der Waals surface area contributed by atoms with Crippen LogP contribution in [0, 0.1) is 0 Å². The maximum atomic E-state index is 11.4. The Balaban J connectivity index is 1.97. The van der Waals surface area contributed by atoms with Crippen molar-refractivity contribution >= 4 is 5.97 Å². The van der Waals surface area contributed by atoms with E-state index in [1.807, 2.05) is 0 Å². The van der Waals surface area contributed by atoms with Crippen LogP contribution in [0.5, 0.6) is 0 Å². The van der Waals surface area contributed by atoms with Crippen LogP contribution in [-0.2, 0) is 9.53 Å². The van der Waals surface area contributed by atoms with Crippen molar-refractivity contribution in [1.82, 2.24) is 0 Å². The third-order valence-corrected chi connectivity index (χ3v) is 3.98. The van der Waals surface area contributed by atoms with Crippen LogP contribution in [0.25, 0.3) is 0 Å². The number of allylic oxidation sites excluding steroid dienone is 1. The second-order valence-corrected chi connectivity index (χ2v) is 5.89. The van der Waals surface area contributed by atoms with Crippen LogP contribution in [0.1, 0.15) is 77.6 Å². The number of carbonyl (C=O) groups is 1. The summed E-state index contributed by atoms with van der Waals surface area (Å²) < 4.78 is 4.78. The Morgan fingerprint density at radius 3 is 2.05 bits per heavy atom. The number of carbonyl (C=O) groups excluding carboxylic acids is 1. The van der Waals surface area contributed by atoms with Crippen molar-refractivity contribution in [2.24, 2.45) is 0 Å². The molecule has 1 saturated heterocycles. The molecule has 0 amide bonds. The Hall–Kier alpha value is -1.09. The molecule has 0 aromatic heterocycles. The first kappa shape index (κ1) is 18.0. The lowest BCUT2D eigenvalue weighted by molar-refractivity contribution is -0.132. The highest BCUT2D eigenvalue weighted by atomic mass is 16.6. The maximum Gasteiger partial charge on any atom is 0.341 e. The van der Waals surface area contributed by atoms with E-state index in [4.69, 9.17) is 4.74 Å². The quantitative estimate of drug-likeness (QED) is 0.342. The summed E-state index contributed by atoms with van der Waals surface area (Å²) in [6.45, 7) is 5.75. The van der Waals surface area contributed by atoms with Gasteiger partial charge in [0.05, 0.1) is 5.57 Å². The Kier molecular flexibility index (Phi) is 9.07. The Morgan fingerprint density at radius 2 is 1.57 bits per heavy atom. The largest absolute Gasteiger partial charge is 0.425 e. The minimum Gasteiger partial charge on any atom is -0.425 e. The van der Waals surface area contributed by atoms with Crippen molar-refractivity contribution < 1.29 is 14.6 Å². The van der Waals surface area contributed by atoms with Crippen LogP contribution < -0.4 is 0 Å². The number of esters is 1. The molecular formula is C18H30O3. The molecule has 3 nitrogen and oxygen atoms in total. The van der Waals surface area contributed by atoms with Gasteiger partial charge in [0.1, 0.15) is 11.9 Å². The van der Waals surface area contributed by atoms with Crippen molar-refractivity contribution in [1.29, 1.82) is 0 Å². The predicted octanol–water partition coefficient (Wildman–Crippen LogP) is 4.66. The van der Waals surface area contributed by atoms with Crippen LogP contribution in [-0.4, -0.2) is 17.2 Å². The van der Waals surface area contributed by atoms with Crippen LogP contribution in [0.15, 0.2) is 24.0 Å². The van der Waals surface area contributed by atoms with Gasteiger partial charge in [0.2, 0.25) is 0 Å². The van der Waals surface area contributed by atoms with Gasteiger partial charge in [-0.1, -0.05) is 77.4 Å². The van der Waals surface area contributed by atoms with Crippen LogP contribution >= 0.6 is 0 Å². The summed E-state index contributed by atoms with van der Waals surface area (Å²) in [6.07, 6.45) is 14.7. The molecule has 0 saturated carbocycles. The number of cyclic esters (lactones) is 1. The zero-order valence-corrected chi connectivity index (χ0v) is 13.4. The van der Waals surface area contributed by atoms with Gasteiger partial charge in [0, 0.05) is 0 Å². The van der Waals surface area contributed by atoms with Gasteiger partial charge in [-0.15, -0.1) is 0 Å². The summed E-state index contributed by atoms with van der Waals surface area (Å²) in [5.41, 5.74) is 0.357. The van der Waals surface area contributed by atoms with Gasteiger partial charge < -0.3 is 9.84 Å². The molecule has 1 heterocycles. The first-order valence-corrected chi connectivity index (χ1v) is 8.46. The Bertz CT molecular complexity index is 357. The fourth-order valence-corrected chi connectivity index (χ4v) is 2.60. The highest BCUT2D eigenvalue weighted by Gasteiger charge is 2.32. The Labute approximate surface area is 129 Å². The van der Waals surface area contributed by atoms with Crippen molar-refractivity contribution in [2.45, 2.75) is 83.7 Å². The topological polar surface area (TPSA) is 46.5 Å². The number of rotatable bonds is 11. The minimum absolute atomic E-state index is 0.148. The molecule has 1 fully saturated rings. The minimum atomic E-state index is -0.930. The van der Waals surface area contributed by atoms with E-state index in [-0.39, 0.29) is 5.76 Å². The molecule has 120 valence electrons. The zero-order valence-electron chi connectivity index (χ0n) is 13.4. The van der Waals surface area contributed by atoms with Crippen molar-refractivity contribution in [2.75, 3.05) is 0 Å². The number of hydrogen-bond acceptors (Lipinski definition) is 3. The number of ether oxygens (including phenoxy) is 1.